The van der Waals surface area contributed by atoms with Crippen LogP contribution in [0.3, 0.4) is 0 Å². The molecule has 1 N–H and O–H groups in total. The summed E-state index contributed by atoms with van der Waals surface area (Å²) in [5.74, 6) is 0. The fourth-order valence-electron chi connectivity index (χ4n) is 3.07. The predicted octanol–water partition coefficient (Wildman–Crippen LogP) is 5.42. The number of halogens is 1. The molecule has 0 aliphatic heterocycles. The Kier molecular flexibility index (Phi) is 3.76. The highest BCUT2D eigenvalue weighted by molar-refractivity contribution is 14.1. The number of hydrogen-bond acceptors (Lipinski definition) is 1. The number of hydrogen-bond donors (Lipinski definition) is 1. The van der Waals surface area contributed by atoms with Crippen molar-refractivity contribution in [2.45, 2.75) is 32.7 Å². The van der Waals surface area contributed by atoms with Gasteiger partial charge in [0.25, 0.3) is 0 Å². The minimum Gasteiger partial charge on any atom is -0.377 e. The third kappa shape index (κ3) is 2.58. The molecule has 0 fully saturated rings. The fraction of sp³-hybridized carbons (Fsp3) is 0.333. The highest BCUT2D eigenvalue weighted by Gasteiger charge is 2.35. The molecule has 3 rings (SSSR count). The van der Waals surface area contributed by atoms with Gasteiger partial charge in [0.15, 0.2) is 0 Å². The van der Waals surface area contributed by atoms with Gasteiger partial charge in [-0.25, -0.2) is 0 Å². The van der Waals surface area contributed by atoms with E-state index in [1.807, 2.05) is 0 Å². The number of rotatable bonds is 2. The minimum atomic E-state index is 0.271. The molecule has 104 valence electrons. The van der Waals surface area contributed by atoms with E-state index in [1.54, 1.807) is 0 Å². The first-order valence-electron chi connectivity index (χ1n) is 7.17. The summed E-state index contributed by atoms with van der Waals surface area (Å²) in [6, 6.07) is 17.8. The molecule has 0 radical (unpaired) electrons. The standard InChI is InChI=1S/C18H20IN/c1-18(2)12-11-13-7-3-4-8-14(13)17(18)20-16-10-6-5-9-15(16)19/h3-10,17,20H,11-12H2,1-2H3. The second-order valence-corrected chi connectivity index (χ2v) is 7.41. The van der Waals surface area contributed by atoms with E-state index < -0.39 is 0 Å². The molecule has 0 bridgehead atoms. The largest absolute Gasteiger partial charge is 0.377 e. The lowest BCUT2D eigenvalue weighted by molar-refractivity contribution is 0.265. The topological polar surface area (TPSA) is 12.0 Å². The lowest BCUT2D eigenvalue weighted by Crippen LogP contribution is -2.33. The second-order valence-electron chi connectivity index (χ2n) is 6.24. The monoisotopic (exact) mass is 377 g/mol. The Hall–Kier alpha value is -1.03. The maximum absolute atomic E-state index is 3.79. The van der Waals surface area contributed by atoms with E-state index in [0.717, 1.165) is 0 Å². The number of aryl methyl sites for hydroxylation is 1. The first-order valence-corrected chi connectivity index (χ1v) is 8.25. The van der Waals surface area contributed by atoms with Gasteiger partial charge in [-0.3, -0.25) is 0 Å². The van der Waals surface area contributed by atoms with Crippen molar-refractivity contribution in [3.8, 4) is 0 Å². The molecule has 0 amide bonds. The molecule has 1 aliphatic rings. The molecule has 2 aromatic carbocycles. The fourth-order valence-corrected chi connectivity index (χ4v) is 3.62. The van der Waals surface area contributed by atoms with Crippen molar-refractivity contribution in [1.29, 1.82) is 0 Å². The summed E-state index contributed by atoms with van der Waals surface area (Å²) in [5.41, 5.74) is 4.47. The molecule has 1 unspecified atom stereocenters. The molecule has 0 spiro atoms. The summed E-state index contributed by atoms with van der Waals surface area (Å²) in [5, 5.41) is 3.79. The van der Waals surface area contributed by atoms with Crippen molar-refractivity contribution in [2.75, 3.05) is 5.32 Å². The van der Waals surface area contributed by atoms with Crippen LogP contribution in [-0.2, 0) is 6.42 Å². The molecule has 1 aliphatic carbocycles. The lowest BCUT2D eigenvalue weighted by atomic mass is 9.70. The lowest BCUT2D eigenvalue weighted by Gasteiger charge is -2.41. The van der Waals surface area contributed by atoms with E-state index in [2.05, 4.69) is 90.3 Å². The molecule has 1 atom stereocenters. The van der Waals surface area contributed by atoms with Gasteiger partial charge in [0.1, 0.15) is 0 Å². The highest BCUT2D eigenvalue weighted by Crippen LogP contribution is 2.45. The Morgan fingerprint density at radius 1 is 1.05 bits per heavy atom. The first kappa shape index (κ1) is 13.9. The quantitative estimate of drug-likeness (QED) is 0.690. The molecule has 0 aromatic heterocycles. The third-order valence-corrected chi connectivity index (χ3v) is 5.30. The predicted molar refractivity (Wildman–Crippen MR) is 94.1 cm³/mol. The van der Waals surface area contributed by atoms with Crippen LogP contribution in [0.15, 0.2) is 48.5 Å². The summed E-state index contributed by atoms with van der Waals surface area (Å²) < 4.78 is 1.28. The summed E-state index contributed by atoms with van der Waals surface area (Å²) in [7, 11) is 0. The summed E-state index contributed by atoms with van der Waals surface area (Å²) in [4.78, 5) is 0. The third-order valence-electron chi connectivity index (χ3n) is 4.36. The van der Waals surface area contributed by atoms with Gasteiger partial charge in [-0.2, -0.15) is 0 Å². The van der Waals surface area contributed by atoms with E-state index >= 15 is 0 Å². The Balaban J connectivity index is 2.00. The molecule has 0 saturated carbocycles. The van der Waals surface area contributed by atoms with Crippen molar-refractivity contribution in [3.63, 3.8) is 0 Å². The number of para-hydroxylation sites is 1. The van der Waals surface area contributed by atoms with E-state index in [-0.39, 0.29) is 5.41 Å². The van der Waals surface area contributed by atoms with Crippen LogP contribution in [0.4, 0.5) is 5.69 Å². The average molecular weight is 377 g/mol. The van der Waals surface area contributed by atoms with Crippen molar-refractivity contribution < 1.29 is 0 Å². The van der Waals surface area contributed by atoms with Crippen LogP contribution in [0.1, 0.15) is 37.4 Å². The number of nitrogens with one attached hydrogen (secondary N) is 1. The SMILES string of the molecule is CC1(C)CCc2ccccc2C1Nc1ccccc1I. The first-order chi connectivity index (χ1) is 9.58. The van der Waals surface area contributed by atoms with E-state index in [1.165, 1.54) is 33.2 Å². The Morgan fingerprint density at radius 2 is 1.75 bits per heavy atom. The van der Waals surface area contributed by atoms with Gasteiger partial charge in [-0.1, -0.05) is 50.2 Å². The van der Waals surface area contributed by atoms with Crippen LogP contribution in [0, 0.1) is 8.99 Å². The molecule has 20 heavy (non-hydrogen) atoms. The van der Waals surface area contributed by atoms with Crippen LogP contribution in [0.5, 0.6) is 0 Å². The minimum absolute atomic E-state index is 0.271. The van der Waals surface area contributed by atoms with Crippen molar-refractivity contribution >= 4 is 28.3 Å². The van der Waals surface area contributed by atoms with E-state index in [0.29, 0.717) is 6.04 Å². The van der Waals surface area contributed by atoms with Gasteiger partial charge in [0.05, 0.1) is 6.04 Å². The number of fused-ring (bicyclic) bond motifs is 1. The molecule has 2 aromatic rings. The zero-order valence-corrected chi connectivity index (χ0v) is 14.1. The smallest absolute Gasteiger partial charge is 0.0567 e. The van der Waals surface area contributed by atoms with E-state index in [9.17, 15) is 0 Å². The van der Waals surface area contributed by atoms with Gasteiger partial charge in [0, 0.05) is 9.26 Å². The number of benzene rings is 2. The van der Waals surface area contributed by atoms with Crippen LogP contribution >= 0.6 is 22.6 Å². The van der Waals surface area contributed by atoms with Crippen LogP contribution in [-0.4, -0.2) is 0 Å². The molecule has 1 nitrogen and oxygen atoms in total. The zero-order valence-electron chi connectivity index (χ0n) is 12.0. The Bertz CT molecular complexity index is 618. The molecule has 2 heteroatoms. The van der Waals surface area contributed by atoms with Gasteiger partial charge in [0.2, 0.25) is 0 Å². The average Bonchev–Trinajstić information content (AvgIpc) is 2.44. The van der Waals surface area contributed by atoms with Crippen LogP contribution < -0.4 is 5.32 Å². The van der Waals surface area contributed by atoms with Crippen molar-refractivity contribution in [3.05, 3.63) is 63.2 Å². The molecule has 0 heterocycles. The molecule has 0 saturated heterocycles. The van der Waals surface area contributed by atoms with Crippen molar-refractivity contribution in [2.24, 2.45) is 5.41 Å². The molecular formula is C18H20IN. The van der Waals surface area contributed by atoms with Gasteiger partial charge in [-0.15, -0.1) is 0 Å². The summed E-state index contributed by atoms with van der Waals surface area (Å²) >= 11 is 2.41. The Morgan fingerprint density at radius 3 is 2.55 bits per heavy atom. The normalized spacial score (nSPS) is 20.2. The summed E-state index contributed by atoms with van der Waals surface area (Å²) in [6.07, 6.45) is 2.42. The van der Waals surface area contributed by atoms with Crippen LogP contribution in [0.25, 0.3) is 0 Å². The highest BCUT2D eigenvalue weighted by atomic mass is 127. The molecular weight excluding hydrogens is 357 g/mol. The van der Waals surface area contributed by atoms with Gasteiger partial charge < -0.3 is 5.32 Å². The van der Waals surface area contributed by atoms with Crippen molar-refractivity contribution in [1.82, 2.24) is 0 Å². The van der Waals surface area contributed by atoms with Gasteiger partial charge >= 0.3 is 0 Å². The second kappa shape index (κ2) is 5.40. The Labute approximate surface area is 134 Å². The van der Waals surface area contributed by atoms with Crippen LogP contribution in [0.2, 0.25) is 0 Å². The zero-order chi connectivity index (χ0) is 14.2. The van der Waals surface area contributed by atoms with Gasteiger partial charge in [-0.05, 0) is 64.1 Å². The maximum atomic E-state index is 3.79. The number of anilines is 1. The maximum Gasteiger partial charge on any atom is 0.0567 e. The summed E-state index contributed by atoms with van der Waals surface area (Å²) in [6.45, 7) is 4.74. The van der Waals surface area contributed by atoms with E-state index in [4.69, 9.17) is 0 Å².